The molecule has 0 radical (unpaired) electrons. The van der Waals surface area contributed by atoms with Crippen molar-refractivity contribution in [2.45, 2.75) is 30.9 Å². The minimum atomic E-state index is -5.04. The molecule has 0 aliphatic carbocycles. The number of phenolic OH excluding ortho intramolecular Hbond substituents is 2. The van der Waals surface area contributed by atoms with E-state index in [1.807, 2.05) is 0 Å². The van der Waals surface area contributed by atoms with E-state index in [4.69, 9.17) is 16.3 Å². The molecule has 10 N–H and O–H groups in total. The van der Waals surface area contributed by atoms with Gasteiger partial charge in [0.2, 0.25) is 11.5 Å². The number of nitrogens with zero attached hydrogens (tertiary/aromatic N) is 3. The van der Waals surface area contributed by atoms with Gasteiger partial charge in [-0.3, -0.25) is 39.4 Å². The number of aromatic nitrogens is 1. The molecule has 1 aliphatic heterocycles. The molecular weight excluding hydrogens is 636 g/mol. The second-order valence-corrected chi connectivity index (χ2v) is 12.2. The third-order valence-electron chi connectivity index (χ3n) is 5.35. The summed E-state index contributed by atoms with van der Waals surface area (Å²) in [7, 11) is -5.04. The van der Waals surface area contributed by atoms with Crippen molar-refractivity contribution < 1.29 is 52.0 Å². The van der Waals surface area contributed by atoms with Crippen LogP contribution in [0, 0.1) is 0 Å². The molecule has 0 saturated carbocycles. The van der Waals surface area contributed by atoms with Gasteiger partial charge >= 0.3 is 10.3 Å². The van der Waals surface area contributed by atoms with Crippen LogP contribution < -0.4 is 27.6 Å². The molecule has 2 heterocycles. The standard InChI is InChI=1S/C21H24N8O11S3/c1-21(2,19(36)27-26-15(33)8-3-4-10(30)11(31)5-8)40-28-13(9-6-42-20(23)24-9)16(34)25-14-17(35)29(43(37,38)39)18(14)41-7-12(22)32/h3-6,14,18,30-31H,7H2,1-2H3,(H2,22,32)(H2,23,24)(H,25,34)(H,26,33)(H,27,36)(H,37,38,39)/b28-13-/t14-,18+/m0/s1. The average molecular weight is 661 g/mol. The van der Waals surface area contributed by atoms with E-state index in [1.165, 1.54) is 25.3 Å². The van der Waals surface area contributed by atoms with Crippen LogP contribution in [0.25, 0.3) is 0 Å². The number of thiazole rings is 1. The molecule has 1 saturated heterocycles. The Kier molecular flexibility index (Phi) is 9.69. The first-order valence-corrected chi connectivity index (χ1v) is 14.9. The second-order valence-electron chi connectivity index (χ2n) is 8.96. The zero-order valence-electron chi connectivity index (χ0n) is 22.0. The minimum absolute atomic E-state index is 0.00245. The number of benzene rings is 1. The van der Waals surface area contributed by atoms with Gasteiger partial charge in [0.1, 0.15) is 17.1 Å². The van der Waals surface area contributed by atoms with Gasteiger partial charge in [-0.2, -0.15) is 12.7 Å². The number of thioether (sulfide) groups is 1. The third-order valence-corrected chi connectivity index (χ3v) is 8.34. The number of phenols is 2. The highest BCUT2D eigenvalue weighted by Gasteiger charge is 2.54. The van der Waals surface area contributed by atoms with Gasteiger partial charge in [-0.05, 0) is 32.0 Å². The monoisotopic (exact) mass is 660 g/mol. The number of carbonyl (C=O) groups is 5. The highest BCUT2D eigenvalue weighted by Crippen LogP contribution is 2.32. The van der Waals surface area contributed by atoms with Crippen molar-refractivity contribution in [1.29, 1.82) is 0 Å². The Morgan fingerprint density at radius 2 is 1.88 bits per heavy atom. The zero-order valence-corrected chi connectivity index (χ0v) is 24.4. The summed E-state index contributed by atoms with van der Waals surface area (Å²) in [6, 6.07) is 1.62. The first kappa shape index (κ1) is 32.8. The molecule has 0 unspecified atom stereocenters. The summed E-state index contributed by atoms with van der Waals surface area (Å²) in [5.41, 5.74) is 12.1. The Morgan fingerprint density at radius 1 is 1.21 bits per heavy atom. The molecule has 3 rings (SSSR count). The maximum atomic E-state index is 13.2. The largest absolute Gasteiger partial charge is 0.504 e. The number of hydrogen-bond donors (Lipinski definition) is 8. The number of carbonyl (C=O) groups excluding carboxylic acids is 5. The predicted octanol–water partition coefficient (Wildman–Crippen LogP) is -2.23. The van der Waals surface area contributed by atoms with E-state index in [0.717, 1.165) is 23.5 Å². The Labute approximate surface area is 250 Å². The summed E-state index contributed by atoms with van der Waals surface area (Å²) < 4.78 is 32.7. The lowest BCUT2D eigenvalue weighted by Crippen LogP contribution is -2.71. The Balaban J connectivity index is 1.77. The lowest BCUT2D eigenvalue weighted by Gasteiger charge is -2.43. The summed E-state index contributed by atoms with van der Waals surface area (Å²) in [6.45, 7) is 2.43. The second kappa shape index (κ2) is 12.7. The summed E-state index contributed by atoms with van der Waals surface area (Å²) in [5, 5.41) is 24.7. The van der Waals surface area contributed by atoms with Gasteiger partial charge < -0.3 is 31.8 Å². The van der Waals surface area contributed by atoms with Crippen LogP contribution in [0.15, 0.2) is 28.7 Å². The number of hydrazine groups is 1. The lowest BCUT2D eigenvalue weighted by molar-refractivity contribution is -0.143. The van der Waals surface area contributed by atoms with Crippen LogP contribution in [0.1, 0.15) is 29.9 Å². The lowest BCUT2D eigenvalue weighted by atomic mass is 10.1. The van der Waals surface area contributed by atoms with E-state index in [-0.39, 0.29) is 20.7 Å². The van der Waals surface area contributed by atoms with E-state index < -0.39 is 79.8 Å². The average Bonchev–Trinajstić information content (AvgIpc) is 3.33. The van der Waals surface area contributed by atoms with Crippen molar-refractivity contribution in [2.75, 3.05) is 11.5 Å². The van der Waals surface area contributed by atoms with Crippen molar-refractivity contribution in [1.82, 2.24) is 25.5 Å². The van der Waals surface area contributed by atoms with Crippen LogP contribution in [-0.2, 0) is 34.3 Å². The number of nitrogens with two attached hydrogens (primary N) is 2. The van der Waals surface area contributed by atoms with Gasteiger partial charge in [0, 0.05) is 10.9 Å². The van der Waals surface area contributed by atoms with Crippen molar-refractivity contribution in [2.24, 2.45) is 10.9 Å². The normalized spacial score (nSPS) is 17.0. The molecule has 2 aromatic rings. The molecule has 0 bridgehead atoms. The number of anilines is 1. The molecule has 232 valence electrons. The molecular formula is C21H24N8O11S3. The number of primary amides is 1. The number of nitrogens with one attached hydrogen (secondary N) is 3. The van der Waals surface area contributed by atoms with E-state index in [2.05, 4.69) is 26.3 Å². The molecule has 5 amide bonds. The highest BCUT2D eigenvalue weighted by atomic mass is 32.2. The molecule has 19 nitrogen and oxygen atoms in total. The summed E-state index contributed by atoms with van der Waals surface area (Å²) in [5.74, 6) is -6.56. The number of oxime groups is 1. The van der Waals surface area contributed by atoms with Crippen molar-refractivity contribution in [3.63, 3.8) is 0 Å². The molecule has 1 aliphatic rings. The van der Waals surface area contributed by atoms with Crippen molar-refractivity contribution >= 4 is 73.8 Å². The van der Waals surface area contributed by atoms with Crippen LogP contribution in [0.4, 0.5) is 5.13 Å². The molecule has 1 aromatic carbocycles. The third kappa shape index (κ3) is 7.79. The van der Waals surface area contributed by atoms with Crippen molar-refractivity contribution in [3.8, 4) is 11.5 Å². The minimum Gasteiger partial charge on any atom is -0.504 e. The fraction of sp³-hybridized carbons (Fsp3) is 0.286. The maximum absolute atomic E-state index is 13.2. The van der Waals surface area contributed by atoms with Crippen LogP contribution >= 0.6 is 23.1 Å². The van der Waals surface area contributed by atoms with Gasteiger partial charge in [0.15, 0.2) is 22.3 Å². The number of amides is 5. The van der Waals surface area contributed by atoms with E-state index in [1.54, 1.807) is 0 Å². The van der Waals surface area contributed by atoms with Gasteiger partial charge in [-0.15, -0.1) is 23.1 Å². The fourth-order valence-corrected chi connectivity index (χ4v) is 5.89. The van der Waals surface area contributed by atoms with Crippen LogP contribution in [0.5, 0.6) is 11.5 Å². The van der Waals surface area contributed by atoms with E-state index >= 15 is 0 Å². The Morgan fingerprint density at radius 3 is 2.44 bits per heavy atom. The summed E-state index contributed by atoms with van der Waals surface area (Å²) >= 11 is 1.46. The molecule has 2 atom stereocenters. The molecule has 22 heteroatoms. The first-order valence-electron chi connectivity index (χ1n) is 11.5. The highest BCUT2D eigenvalue weighted by molar-refractivity contribution is 8.01. The summed E-state index contributed by atoms with van der Waals surface area (Å²) in [6.07, 6.45) is 0. The van der Waals surface area contributed by atoms with Gasteiger partial charge in [-0.1, -0.05) is 5.16 Å². The Hall–Kier alpha value is -4.67. The quantitative estimate of drug-likeness (QED) is 0.0416. The number of nitrogen functional groups attached to an aromatic ring is 1. The van der Waals surface area contributed by atoms with E-state index in [0.29, 0.717) is 11.8 Å². The Bertz CT molecular complexity index is 1610. The topological polar surface area (TPSA) is 306 Å². The van der Waals surface area contributed by atoms with Gasteiger partial charge in [-0.25, -0.2) is 4.98 Å². The summed E-state index contributed by atoms with van der Waals surface area (Å²) in [4.78, 5) is 71.0. The first-order chi connectivity index (χ1) is 19.9. The van der Waals surface area contributed by atoms with Gasteiger partial charge in [0.25, 0.3) is 23.6 Å². The molecule has 43 heavy (non-hydrogen) atoms. The maximum Gasteiger partial charge on any atom is 0.363 e. The zero-order chi connectivity index (χ0) is 32.3. The van der Waals surface area contributed by atoms with Gasteiger partial charge in [0.05, 0.1) is 5.75 Å². The predicted molar refractivity (Wildman–Crippen MR) is 149 cm³/mol. The van der Waals surface area contributed by atoms with Crippen LogP contribution in [-0.4, -0.2) is 90.5 Å². The number of hydrogen-bond acceptors (Lipinski definition) is 15. The smallest absolute Gasteiger partial charge is 0.363 e. The molecule has 1 aromatic heterocycles. The number of aromatic hydroxyl groups is 2. The van der Waals surface area contributed by atoms with Crippen LogP contribution in [0.3, 0.4) is 0 Å². The number of β-lactam (4-membered cyclic amide) rings is 1. The SMILES string of the molecule is CC(C)(O/N=C(\C(=O)N[C@H]1C(=O)N(S(=O)(=O)O)[C@@H]1SCC(N)=O)c1csc(N)n1)C(=O)NNC(=O)c1ccc(O)c(O)c1. The fourth-order valence-electron chi connectivity index (χ4n) is 3.16. The van der Waals surface area contributed by atoms with Crippen LogP contribution in [0.2, 0.25) is 0 Å². The number of rotatable bonds is 11. The molecule has 0 spiro atoms. The van der Waals surface area contributed by atoms with Crippen molar-refractivity contribution in [3.05, 3.63) is 34.8 Å². The van der Waals surface area contributed by atoms with E-state index in [9.17, 15) is 47.2 Å². The molecule has 1 fully saturated rings.